The predicted molar refractivity (Wildman–Crippen MR) is 82.1 cm³/mol. The molecule has 3 rings (SSSR count). The van der Waals surface area contributed by atoms with E-state index < -0.39 is 35.5 Å². The monoisotopic (exact) mass is 357 g/mol. The van der Waals surface area contributed by atoms with E-state index in [0.717, 1.165) is 0 Å². The van der Waals surface area contributed by atoms with Crippen molar-refractivity contribution in [3.8, 4) is 0 Å². The van der Waals surface area contributed by atoms with Crippen LogP contribution >= 0.6 is 0 Å². The Morgan fingerprint density at radius 2 is 2.08 bits per heavy atom. The predicted octanol–water partition coefficient (Wildman–Crippen LogP) is -4.24. The SMILES string of the molecule is NC1=NC2C(COC(=O)CCC(=O)O)NC(N)=[N+]3CCC(O)(O)C23N1. The molecular formula is C13H21N6O6+. The third-order valence-corrected chi connectivity index (χ3v) is 4.72. The molecule has 3 aliphatic rings. The number of aliphatic hydroxyl groups is 2. The molecule has 3 heterocycles. The average Bonchev–Trinajstić information content (AvgIpc) is 3.00. The van der Waals surface area contributed by atoms with Crippen LogP contribution in [0.4, 0.5) is 0 Å². The summed E-state index contributed by atoms with van der Waals surface area (Å²) in [6, 6.07) is -1.46. The first-order valence-corrected chi connectivity index (χ1v) is 7.77. The molecule has 1 fully saturated rings. The van der Waals surface area contributed by atoms with Gasteiger partial charge in [-0.25, -0.2) is 9.57 Å². The van der Waals surface area contributed by atoms with Crippen LogP contribution in [-0.2, 0) is 14.3 Å². The second kappa shape index (κ2) is 5.74. The summed E-state index contributed by atoms with van der Waals surface area (Å²) in [5.74, 6) is -3.75. The zero-order chi connectivity index (χ0) is 18.4. The maximum atomic E-state index is 11.6. The van der Waals surface area contributed by atoms with Gasteiger partial charge in [-0.05, 0) is 0 Å². The Hall–Kier alpha value is -2.60. The molecule has 0 radical (unpaired) electrons. The highest BCUT2D eigenvalue weighted by molar-refractivity contribution is 5.83. The minimum absolute atomic E-state index is 0.0167. The zero-order valence-corrected chi connectivity index (χ0v) is 13.3. The Morgan fingerprint density at radius 1 is 1.36 bits per heavy atom. The molecule has 9 N–H and O–H groups in total. The topological polar surface area (TPSA) is 196 Å². The molecule has 0 aromatic carbocycles. The molecule has 0 bridgehead atoms. The molecule has 12 nitrogen and oxygen atoms in total. The number of carbonyl (C=O) groups excluding carboxylic acids is 1. The molecule has 3 aliphatic heterocycles. The first-order chi connectivity index (χ1) is 11.7. The number of carboxylic acids is 1. The Balaban J connectivity index is 1.79. The third-order valence-electron chi connectivity index (χ3n) is 4.72. The highest BCUT2D eigenvalue weighted by atomic mass is 16.5. The highest BCUT2D eigenvalue weighted by Gasteiger charge is 2.71. The zero-order valence-electron chi connectivity index (χ0n) is 13.3. The van der Waals surface area contributed by atoms with E-state index >= 15 is 0 Å². The molecule has 1 spiro atoms. The maximum absolute atomic E-state index is 11.6. The summed E-state index contributed by atoms with van der Waals surface area (Å²) in [6.45, 7) is 0.0806. The van der Waals surface area contributed by atoms with Crippen molar-refractivity contribution in [2.45, 2.75) is 42.8 Å². The molecule has 3 unspecified atom stereocenters. The van der Waals surface area contributed by atoms with E-state index in [1.165, 1.54) is 0 Å². The van der Waals surface area contributed by atoms with Crippen LogP contribution in [0.5, 0.6) is 0 Å². The van der Waals surface area contributed by atoms with Crippen LogP contribution in [0, 0.1) is 0 Å². The molecule has 25 heavy (non-hydrogen) atoms. The van der Waals surface area contributed by atoms with Crippen molar-refractivity contribution < 1.29 is 34.2 Å². The lowest BCUT2D eigenvalue weighted by Crippen LogP contribution is -2.77. The van der Waals surface area contributed by atoms with Gasteiger partial charge in [0.05, 0.1) is 19.4 Å². The number of hydrogen-bond donors (Lipinski definition) is 7. The number of ether oxygens (including phenoxy) is 1. The van der Waals surface area contributed by atoms with Gasteiger partial charge < -0.3 is 31.1 Å². The molecule has 0 amide bonds. The minimum Gasteiger partial charge on any atom is -0.481 e. The second-order valence-electron chi connectivity index (χ2n) is 6.28. The van der Waals surface area contributed by atoms with Crippen LogP contribution < -0.4 is 22.1 Å². The summed E-state index contributed by atoms with van der Waals surface area (Å²) in [5.41, 5.74) is 10.3. The molecule has 0 aromatic heterocycles. The van der Waals surface area contributed by atoms with E-state index in [9.17, 15) is 19.8 Å². The number of nitrogens with one attached hydrogen (secondary N) is 2. The standard InChI is InChI=1S/C13H20N6O6/c14-10-17-9-6(5-25-8(22)2-1-7(20)21)16-11(15)19-4-3-12(23,24)13(9,19)18-10/h6,9,23-24H,1-5H2,(H6,14,15,16,17,18,20,21)/p+1. The van der Waals surface area contributed by atoms with E-state index in [4.69, 9.17) is 21.3 Å². The van der Waals surface area contributed by atoms with Gasteiger partial charge in [0.2, 0.25) is 11.4 Å². The van der Waals surface area contributed by atoms with E-state index in [1.807, 2.05) is 0 Å². The number of rotatable bonds is 5. The fourth-order valence-electron chi connectivity index (χ4n) is 3.59. The summed E-state index contributed by atoms with van der Waals surface area (Å²) in [5, 5.41) is 35.3. The van der Waals surface area contributed by atoms with Crippen molar-refractivity contribution in [1.82, 2.24) is 10.6 Å². The van der Waals surface area contributed by atoms with E-state index in [1.54, 1.807) is 4.58 Å². The molecular weight excluding hydrogens is 336 g/mol. The second-order valence-corrected chi connectivity index (χ2v) is 6.28. The summed E-state index contributed by atoms with van der Waals surface area (Å²) in [6.07, 6.45) is -0.584. The van der Waals surface area contributed by atoms with Gasteiger partial charge in [-0.15, -0.1) is 0 Å². The fraction of sp³-hybridized carbons (Fsp3) is 0.692. The van der Waals surface area contributed by atoms with Crippen LogP contribution in [0.2, 0.25) is 0 Å². The van der Waals surface area contributed by atoms with Crippen LogP contribution in [0.25, 0.3) is 0 Å². The minimum atomic E-state index is -2.15. The van der Waals surface area contributed by atoms with Crippen molar-refractivity contribution in [3.63, 3.8) is 0 Å². The lowest BCUT2D eigenvalue weighted by atomic mass is 9.87. The smallest absolute Gasteiger partial charge is 0.346 e. The molecule has 0 aliphatic carbocycles. The number of hydrogen-bond acceptors (Lipinski definition) is 10. The number of aliphatic imine (C=N–C) groups is 1. The third kappa shape index (κ3) is 2.62. The van der Waals surface area contributed by atoms with Gasteiger partial charge in [0.15, 0.2) is 12.0 Å². The molecule has 1 saturated heterocycles. The quantitative estimate of drug-likeness (QED) is 0.144. The lowest BCUT2D eigenvalue weighted by molar-refractivity contribution is -0.623. The number of guanidine groups is 2. The van der Waals surface area contributed by atoms with Crippen molar-refractivity contribution >= 4 is 23.9 Å². The van der Waals surface area contributed by atoms with Gasteiger partial charge in [-0.2, -0.15) is 0 Å². The molecule has 3 atom stereocenters. The van der Waals surface area contributed by atoms with Crippen molar-refractivity contribution in [2.75, 3.05) is 13.2 Å². The molecule has 0 saturated carbocycles. The summed E-state index contributed by atoms with van der Waals surface area (Å²) in [7, 11) is 0. The van der Waals surface area contributed by atoms with Gasteiger partial charge >= 0.3 is 17.9 Å². The highest BCUT2D eigenvalue weighted by Crippen LogP contribution is 2.40. The number of nitrogens with zero attached hydrogens (tertiary/aromatic N) is 2. The molecule has 138 valence electrons. The van der Waals surface area contributed by atoms with Crippen molar-refractivity contribution in [2.24, 2.45) is 16.5 Å². The average molecular weight is 357 g/mol. The van der Waals surface area contributed by atoms with Gasteiger partial charge in [0, 0.05) is 6.42 Å². The van der Waals surface area contributed by atoms with E-state index in [2.05, 4.69) is 15.6 Å². The summed E-state index contributed by atoms with van der Waals surface area (Å²) < 4.78 is 6.63. The summed E-state index contributed by atoms with van der Waals surface area (Å²) >= 11 is 0. The van der Waals surface area contributed by atoms with Crippen LogP contribution in [-0.4, -0.2) is 80.4 Å². The van der Waals surface area contributed by atoms with Crippen LogP contribution in [0.1, 0.15) is 19.3 Å². The van der Waals surface area contributed by atoms with Gasteiger partial charge in [0.1, 0.15) is 12.6 Å². The Kier molecular flexibility index (Phi) is 3.95. The van der Waals surface area contributed by atoms with E-state index in [-0.39, 0.29) is 44.3 Å². The number of carbonyl (C=O) groups is 2. The number of aliphatic carboxylic acids is 1. The first kappa shape index (κ1) is 17.2. The van der Waals surface area contributed by atoms with Crippen molar-refractivity contribution in [3.05, 3.63) is 0 Å². The number of nitrogens with two attached hydrogens (primary N) is 2. The van der Waals surface area contributed by atoms with Gasteiger partial charge in [-0.1, -0.05) is 0 Å². The maximum Gasteiger partial charge on any atom is 0.346 e. The summed E-state index contributed by atoms with van der Waals surface area (Å²) in [4.78, 5) is 26.4. The lowest BCUT2D eigenvalue weighted by Gasteiger charge is -2.42. The fourth-order valence-corrected chi connectivity index (χ4v) is 3.59. The van der Waals surface area contributed by atoms with E-state index in [0.29, 0.717) is 0 Å². The van der Waals surface area contributed by atoms with Crippen LogP contribution in [0.3, 0.4) is 0 Å². The normalized spacial score (nSPS) is 32.2. The Morgan fingerprint density at radius 3 is 2.76 bits per heavy atom. The molecule has 0 aromatic rings. The first-order valence-electron chi connectivity index (χ1n) is 7.77. The number of carboxylic acid groups (broad SMARTS) is 1. The van der Waals surface area contributed by atoms with Gasteiger partial charge in [-0.3, -0.25) is 20.6 Å². The molecule has 12 heteroatoms. The Bertz CT molecular complexity index is 676. The Labute approximate surface area is 142 Å². The largest absolute Gasteiger partial charge is 0.481 e. The van der Waals surface area contributed by atoms with Crippen LogP contribution in [0.15, 0.2) is 4.99 Å². The van der Waals surface area contributed by atoms with Gasteiger partial charge in [0.25, 0.3) is 0 Å². The number of esters is 1. The van der Waals surface area contributed by atoms with Crippen molar-refractivity contribution in [1.29, 1.82) is 0 Å².